The fourth-order valence-corrected chi connectivity index (χ4v) is 3.93. The molecule has 3 rings (SSSR count). The van der Waals surface area contributed by atoms with Gasteiger partial charge in [-0.05, 0) is 30.4 Å². The van der Waals surface area contributed by atoms with Gasteiger partial charge in [0.1, 0.15) is 0 Å². The minimum Gasteiger partial charge on any atom is -0.310 e. The highest BCUT2D eigenvalue weighted by atomic mass is 15.3. The average Bonchev–Trinajstić information content (AvgIpc) is 2.91. The molecule has 1 aromatic rings. The van der Waals surface area contributed by atoms with E-state index in [1.54, 1.807) is 0 Å². The normalized spacial score (nSPS) is 26.3. The van der Waals surface area contributed by atoms with Gasteiger partial charge in [0.05, 0.1) is 5.69 Å². The summed E-state index contributed by atoms with van der Waals surface area (Å²) in [5, 5.41) is 3.85. The summed E-state index contributed by atoms with van der Waals surface area (Å²) in [5.41, 5.74) is 1.89. The third kappa shape index (κ3) is 3.14. The monoisotopic (exact) mass is 287 g/mol. The molecule has 1 unspecified atom stereocenters. The molecule has 0 aromatic carbocycles. The Morgan fingerprint density at radius 2 is 2.05 bits per heavy atom. The van der Waals surface area contributed by atoms with Gasteiger partial charge in [-0.1, -0.05) is 39.7 Å². The molecule has 2 aliphatic rings. The van der Waals surface area contributed by atoms with E-state index in [-0.39, 0.29) is 0 Å². The summed E-state index contributed by atoms with van der Waals surface area (Å²) >= 11 is 0. The van der Waals surface area contributed by atoms with Crippen molar-refractivity contribution in [3.63, 3.8) is 0 Å². The molecule has 1 saturated heterocycles. The third-order valence-corrected chi connectivity index (χ3v) is 5.41. The van der Waals surface area contributed by atoms with Crippen LogP contribution in [0.25, 0.3) is 0 Å². The Morgan fingerprint density at radius 1 is 1.29 bits per heavy atom. The second kappa shape index (κ2) is 5.69. The van der Waals surface area contributed by atoms with E-state index in [4.69, 9.17) is 0 Å². The maximum absolute atomic E-state index is 4.55. The van der Waals surface area contributed by atoms with Gasteiger partial charge in [-0.25, -0.2) is 0 Å². The lowest BCUT2D eigenvalue weighted by molar-refractivity contribution is 0.00988. The first kappa shape index (κ1) is 15.0. The van der Waals surface area contributed by atoms with Crippen LogP contribution in [0.2, 0.25) is 0 Å². The lowest BCUT2D eigenvalue weighted by Crippen LogP contribution is -2.65. The van der Waals surface area contributed by atoms with E-state index in [9.17, 15) is 0 Å². The van der Waals surface area contributed by atoms with E-state index in [0.717, 1.165) is 19.6 Å². The molecule has 1 spiro atoms. The Balaban J connectivity index is 1.80. The Morgan fingerprint density at radius 3 is 2.67 bits per heavy atom. The number of nitrogens with one attached hydrogen (secondary N) is 1. The lowest BCUT2D eigenvalue weighted by Gasteiger charge is -2.51. The number of rotatable bonds is 2. The Bertz CT molecular complexity index is 457. The molecule has 0 bridgehead atoms. The third-order valence-electron chi connectivity index (χ3n) is 5.41. The molecule has 1 saturated carbocycles. The van der Waals surface area contributed by atoms with E-state index >= 15 is 0 Å². The summed E-state index contributed by atoms with van der Waals surface area (Å²) in [6.07, 6.45) is 7.34. The predicted octanol–water partition coefficient (Wildman–Crippen LogP) is 3.21. The Labute approximate surface area is 129 Å². The summed E-state index contributed by atoms with van der Waals surface area (Å²) in [7, 11) is 0. The Kier molecular flexibility index (Phi) is 4.06. The molecule has 0 radical (unpaired) electrons. The molecule has 0 amide bonds. The van der Waals surface area contributed by atoms with Crippen LogP contribution >= 0.6 is 0 Å². The molecular weight excluding hydrogens is 258 g/mol. The van der Waals surface area contributed by atoms with Gasteiger partial charge in [-0.2, -0.15) is 0 Å². The second-order valence-corrected chi connectivity index (χ2v) is 7.93. The van der Waals surface area contributed by atoms with Crippen LogP contribution in [0.1, 0.15) is 52.1 Å². The van der Waals surface area contributed by atoms with Gasteiger partial charge in [0.2, 0.25) is 0 Å². The minimum atomic E-state index is 0.308. The minimum absolute atomic E-state index is 0.308. The predicted molar refractivity (Wildman–Crippen MR) is 87.1 cm³/mol. The van der Waals surface area contributed by atoms with Gasteiger partial charge in [0.25, 0.3) is 0 Å². The number of nitrogens with zero attached hydrogens (tertiary/aromatic N) is 2. The zero-order chi connectivity index (χ0) is 14.9. The molecule has 1 aliphatic carbocycles. The van der Waals surface area contributed by atoms with E-state index < -0.39 is 0 Å². The van der Waals surface area contributed by atoms with Crippen molar-refractivity contribution in [3.8, 4) is 0 Å². The summed E-state index contributed by atoms with van der Waals surface area (Å²) < 4.78 is 0. The molecule has 1 atom stereocenters. The molecule has 116 valence electrons. The fraction of sp³-hybridized carbons (Fsp3) is 0.722. The number of hydrogen-bond donors (Lipinski definition) is 1. The van der Waals surface area contributed by atoms with Crippen LogP contribution in [0.4, 0.5) is 0 Å². The van der Waals surface area contributed by atoms with E-state index in [0.29, 0.717) is 17.0 Å². The van der Waals surface area contributed by atoms with Crippen molar-refractivity contribution in [2.24, 2.45) is 5.41 Å². The molecule has 1 aliphatic heterocycles. The number of hydrogen-bond acceptors (Lipinski definition) is 3. The molecule has 3 nitrogen and oxygen atoms in total. The zero-order valence-electron chi connectivity index (χ0n) is 13.7. The molecule has 2 fully saturated rings. The van der Waals surface area contributed by atoms with Crippen LogP contribution in [0.3, 0.4) is 0 Å². The van der Waals surface area contributed by atoms with Crippen LogP contribution in [-0.2, 0) is 6.54 Å². The van der Waals surface area contributed by atoms with E-state index in [1.807, 2.05) is 12.3 Å². The van der Waals surface area contributed by atoms with Crippen molar-refractivity contribution in [3.05, 3.63) is 30.1 Å². The van der Waals surface area contributed by atoms with Crippen LogP contribution in [0.15, 0.2) is 24.4 Å². The van der Waals surface area contributed by atoms with Gasteiger partial charge in [0, 0.05) is 37.4 Å². The SMILES string of the molecule is CC(C)(C)C1CN(Cc2ccccn2)C2(CCCC2)CN1. The maximum atomic E-state index is 4.55. The molecule has 3 heteroatoms. The van der Waals surface area contributed by atoms with Crippen LogP contribution in [0.5, 0.6) is 0 Å². The standard InChI is InChI=1S/C18H29N3/c1-17(2,3)16-13-21(12-15-8-4-7-11-19-15)18(14-20-16)9-5-6-10-18/h4,7-8,11,16,20H,5-6,9-10,12-14H2,1-3H3. The highest BCUT2D eigenvalue weighted by Gasteiger charge is 2.45. The summed E-state index contributed by atoms with van der Waals surface area (Å²) in [5.74, 6) is 0. The van der Waals surface area contributed by atoms with Crippen molar-refractivity contribution >= 4 is 0 Å². The average molecular weight is 287 g/mol. The quantitative estimate of drug-likeness (QED) is 0.905. The van der Waals surface area contributed by atoms with E-state index in [2.05, 4.69) is 48.1 Å². The van der Waals surface area contributed by atoms with Crippen molar-refractivity contribution in [1.82, 2.24) is 15.2 Å². The smallest absolute Gasteiger partial charge is 0.0544 e. The van der Waals surface area contributed by atoms with Gasteiger partial charge >= 0.3 is 0 Å². The lowest BCUT2D eigenvalue weighted by atomic mass is 9.81. The number of aromatic nitrogens is 1. The second-order valence-electron chi connectivity index (χ2n) is 7.93. The van der Waals surface area contributed by atoms with Crippen molar-refractivity contribution in [2.45, 2.75) is 64.6 Å². The van der Waals surface area contributed by atoms with Crippen LogP contribution in [-0.4, -0.2) is 34.6 Å². The molecule has 1 aromatic heterocycles. The number of piperazine rings is 1. The fourth-order valence-electron chi connectivity index (χ4n) is 3.93. The maximum Gasteiger partial charge on any atom is 0.0544 e. The van der Waals surface area contributed by atoms with Crippen molar-refractivity contribution in [2.75, 3.05) is 13.1 Å². The van der Waals surface area contributed by atoms with Crippen LogP contribution in [0, 0.1) is 5.41 Å². The summed E-state index contributed by atoms with van der Waals surface area (Å²) in [6.45, 7) is 10.3. The molecular formula is C18H29N3. The topological polar surface area (TPSA) is 28.2 Å². The summed E-state index contributed by atoms with van der Waals surface area (Å²) in [4.78, 5) is 7.28. The first-order chi connectivity index (χ1) is 10.00. The zero-order valence-corrected chi connectivity index (χ0v) is 13.7. The molecule has 1 N–H and O–H groups in total. The summed E-state index contributed by atoms with van der Waals surface area (Å²) in [6, 6.07) is 6.83. The van der Waals surface area contributed by atoms with Crippen molar-refractivity contribution in [1.29, 1.82) is 0 Å². The van der Waals surface area contributed by atoms with Crippen LogP contribution < -0.4 is 5.32 Å². The number of pyridine rings is 1. The van der Waals surface area contributed by atoms with Gasteiger partial charge in [-0.3, -0.25) is 9.88 Å². The highest BCUT2D eigenvalue weighted by molar-refractivity contribution is 5.09. The first-order valence-corrected chi connectivity index (χ1v) is 8.38. The van der Waals surface area contributed by atoms with Gasteiger partial charge in [-0.15, -0.1) is 0 Å². The van der Waals surface area contributed by atoms with Gasteiger partial charge < -0.3 is 5.32 Å². The molecule has 21 heavy (non-hydrogen) atoms. The molecule has 2 heterocycles. The Hall–Kier alpha value is -0.930. The van der Waals surface area contributed by atoms with E-state index in [1.165, 1.54) is 31.4 Å². The van der Waals surface area contributed by atoms with Gasteiger partial charge in [0.15, 0.2) is 0 Å². The highest BCUT2D eigenvalue weighted by Crippen LogP contribution is 2.39. The largest absolute Gasteiger partial charge is 0.310 e. The van der Waals surface area contributed by atoms with Crippen molar-refractivity contribution < 1.29 is 0 Å². The first-order valence-electron chi connectivity index (χ1n) is 8.38.